The number of ether oxygens (including phenoxy) is 7. The van der Waals surface area contributed by atoms with Gasteiger partial charge in [0.15, 0.2) is 23.1 Å². The highest BCUT2D eigenvalue weighted by Gasteiger charge is 2.21. The van der Waals surface area contributed by atoms with Crippen LogP contribution in [-0.4, -0.2) is 107 Å². The third-order valence-electron chi connectivity index (χ3n) is 6.44. The molecule has 0 radical (unpaired) electrons. The summed E-state index contributed by atoms with van der Waals surface area (Å²) in [7, 11) is 0. The number of anilines is 3. The number of nitrogens with zero attached hydrogens (tertiary/aromatic N) is 4. The predicted octanol–water partition coefficient (Wildman–Crippen LogP) is 2.96. The predicted molar refractivity (Wildman–Crippen MR) is 153 cm³/mol. The van der Waals surface area contributed by atoms with Crippen molar-refractivity contribution in [1.29, 1.82) is 0 Å². The molecule has 0 unspecified atom stereocenters. The van der Waals surface area contributed by atoms with E-state index in [1.165, 1.54) is 12.1 Å². The first-order valence-corrected chi connectivity index (χ1v) is 13.9. The van der Waals surface area contributed by atoms with Crippen molar-refractivity contribution < 1.29 is 38.1 Å². The van der Waals surface area contributed by atoms with Gasteiger partial charge in [-0.2, -0.15) is 0 Å². The van der Waals surface area contributed by atoms with Crippen LogP contribution < -0.4 is 19.7 Å². The molecule has 1 N–H and O–H groups in total. The summed E-state index contributed by atoms with van der Waals surface area (Å²) in [6, 6.07) is 9.97. The summed E-state index contributed by atoms with van der Waals surface area (Å²) < 4.78 is 39.7. The Morgan fingerprint density at radius 1 is 0.667 bits per heavy atom. The normalized spacial score (nSPS) is 18.1. The van der Waals surface area contributed by atoms with E-state index in [-0.39, 0.29) is 5.69 Å². The summed E-state index contributed by atoms with van der Waals surface area (Å²) in [5.41, 5.74) is 1.63. The second kappa shape index (κ2) is 15.4. The van der Waals surface area contributed by atoms with Crippen LogP contribution in [0.15, 0.2) is 36.4 Å². The lowest BCUT2D eigenvalue weighted by atomic mass is 10.2. The van der Waals surface area contributed by atoms with Crippen LogP contribution in [-0.2, 0) is 23.7 Å². The molecule has 0 atom stereocenters. The fourth-order valence-electron chi connectivity index (χ4n) is 4.36. The van der Waals surface area contributed by atoms with E-state index in [0.717, 1.165) is 0 Å². The van der Waals surface area contributed by atoms with Crippen LogP contribution in [0.25, 0.3) is 11.0 Å². The average Bonchev–Trinajstić information content (AvgIpc) is 3.01. The maximum Gasteiger partial charge on any atom is 0.271 e. The molecule has 0 aliphatic carbocycles. The second-order valence-electron chi connectivity index (χ2n) is 9.36. The third kappa shape index (κ3) is 8.36. The summed E-state index contributed by atoms with van der Waals surface area (Å²) in [5.74, 6) is 2.19. The lowest BCUT2D eigenvalue weighted by Gasteiger charge is -2.29. The minimum Gasteiger partial charge on any atom is -0.487 e. The molecule has 2 aromatic carbocycles. The molecule has 1 saturated heterocycles. The number of aromatic nitrogens is 2. The van der Waals surface area contributed by atoms with Gasteiger partial charge < -0.3 is 43.4 Å². The van der Waals surface area contributed by atoms with Crippen molar-refractivity contribution in [3.63, 3.8) is 0 Å². The molecule has 226 valence electrons. The molecule has 0 saturated carbocycles. The van der Waals surface area contributed by atoms with Gasteiger partial charge in [-0.15, -0.1) is 0 Å². The fourth-order valence-corrected chi connectivity index (χ4v) is 4.36. The molecule has 42 heavy (non-hydrogen) atoms. The number of morpholine rings is 1. The van der Waals surface area contributed by atoms with E-state index in [9.17, 15) is 10.1 Å². The number of benzene rings is 2. The van der Waals surface area contributed by atoms with Crippen molar-refractivity contribution in [2.75, 3.05) is 103 Å². The highest BCUT2D eigenvalue weighted by Crippen LogP contribution is 2.34. The highest BCUT2D eigenvalue weighted by molar-refractivity contribution is 5.84. The van der Waals surface area contributed by atoms with E-state index < -0.39 is 4.92 Å². The van der Waals surface area contributed by atoms with Crippen LogP contribution in [0.5, 0.6) is 11.5 Å². The fraction of sp³-hybridized carbons (Fsp3) is 0.500. The molecular weight excluding hydrogens is 550 g/mol. The second-order valence-corrected chi connectivity index (χ2v) is 9.36. The number of fused-ring (bicyclic) bond motifs is 2. The molecule has 2 aliphatic rings. The minimum atomic E-state index is -0.441. The van der Waals surface area contributed by atoms with Gasteiger partial charge in [0.25, 0.3) is 5.69 Å². The van der Waals surface area contributed by atoms with E-state index >= 15 is 0 Å². The SMILES string of the molecule is O=[N+]([O-])c1ccc2nc(Nc3ccc4c(c3)OCCOCCOCCOCCOCCO4)c(N3CCOCC3)nc2c1. The number of hydrogen-bond donors (Lipinski definition) is 1. The number of hydrogen-bond acceptors (Lipinski definition) is 13. The summed E-state index contributed by atoms with van der Waals surface area (Å²) >= 11 is 0. The molecule has 3 heterocycles. The van der Waals surface area contributed by atoms with Crippen molar-refractivity contribution in [2.45, 2.75) is 0 Å². The lowest BCUT2D eigenvalue weighted by molar-refractivity contribution is -0.384. The Morgan fingerprint density at radius 2 is 1.26 bits per heavy atom. The molecule has 1 aromatic heterocycles. The van der Waals surface area contributed by atoms with Crippen molar-refractivity contribution >= 4 is 34.0 Å². The number of non-ortho nitro benzene ring substituents is 1. The van der Waals surface area contributed by atoms with Crippen molar-refractivity contribution in [2.24, 2.45) is 0 Å². The Morgan fingerprint density at radius 3 is 1.90 bits per heavy atom. The van der Waals surface area contributed by atoms with Gasteiger partial charge in [0, 0.05) is 37.0 Å². The largest absolute Gasteiger partial charge is 0.487 e. The maximum absolute atomic E-state index is 11.3. The molecule has 2 aliphatic heterocycles. The third-order valence-corrected chi connectivity index (χ3v) is 6.44. The number of nitro benzene ring substituents is 1. The number of nitro groups is 1. The van der Waals surface area contributed by atoms with Gasteiger partial charge in [0.2, 0.25) is 0 Å². The standard InChI is InChI=1S/C28H35N5O9/c34-33(35)22-2-3-23-24(20-22)31-28(32-5-7-36-8-6-32)27(30-23)29-21-1-4-25-26(19-21)42-18-16-40-14-12-38-10-9-37-11-13-39-15-17-41-25/h1-4,19-20H,5-18H2,(H,29,30). The smallest absolute Gasteiger partial charge is 0.271 e. The Hall–Kier alpha value is -3.82. The molecule has 0 spiro atoms. The van der Waals surface area contributed by atoms with Crippen molar-refractivity contribution in [3.05, 3.63) is 46.5 Å². The van der Waals surface area contributed by atoms with Crippen LogP contribution in [0.1, 0.15) is 0 Å². The van der Waals surface area contributed by atoms with Gasteiger partial charge in [-0.25, -0.2) is 9.97 Å². The number of rotatable bonds is 4. The summed E-state index contributed by atoms with van der Waals surface area (Å²) in [5, 5.41) is 14.7. The van der Waals surface area contributed by atoms with Gasteiger partial charge >= 0.3 is 0 Å². The highest BCUT2D eigenvalue weighted by atomic mass is 16.6. The maximum atomic E-state index is 11.3. The van der Waals surface area contributed by atoms with Gasteiger partial charge in [-0.3, -0.25) is 10.1 Å². The van der Waals surface area contributed by atoms with E-state index in [1.807, 2.05) is 18.2 Å². The Bertz CT molecular complexity index is 1320. The van der Waals surface area contributed by atoms with Crippen molar-refractivity contribution in [1.82, 2.24) is 9.97 Å². The molecule has 14 nitrogen and oxygen atoms in total. The summed E-state index contributed by atoms with van der Waals surface area (Å²) in [6.07, 6.45) is 0. The Kier molecular flexibility index (Phi) is 10.9. The molecular formula is C28H35N5O9. The summed E-state index contributed by atoms with van der Waals surface area (Å²) in [6.45, 7) is 6.62. The molecule has 5 rings (SSSR count). The zero-order valence-corrected chi connectivity index (χ0v) is 23.3. The van der Waals surface area contributed by atoms with Crippen LogP contribution >= 0.6 is 0 Å². The quantitative estimate of drug-likeness (QED) is 0.354. The Labute approximate surface area is 242 Å². The zero-order chi connectivity index (χ0) is 29.0. The van der Waals surface area contributed by atoms with Crippen molar-refractivity contribution in [3.8, 4) is 11.5 Å². The Balaban J connectivity index is 1.37. The van der Waals surface area contributed by atoms with E-state index in [1.54, 1.807) is 6.07 Å². The first kappa shape index (κ1) is 29.7. The monoisotopic (exact) mass is 585 g/mol. The first-order chi connectivity index (χ1) is 20.7. The van der Waals surface area contributed by atoms with Crippen LogP contribution in [0.3, 0.4) is 0 Å². The minimum absolute atomic E-state index is 0.0405. The molecule has 1 fully saturated rings. The zero-order valence-electron chi connectivity index (χ0n) is 23.3. The van der Waals surface area contributed by atoms with Gasteiger partial charge in [0.1, 0.15) is 13.2 Å². The summed E-state index contributed by atoms with van der Waals surface area (Å²) in [4.78, 5) is 22.5. The van der Waals surface area contributed by atoms with Gasteiger partial charge in [0.05, 0.1) is 82.0 Å². The van der Waals surface area contributed by atoms with Gasteiger partial charge in [-0.05, 0) is 18.2 Å². The van der Waals surface area contributed by atoms with E-state index in [0.29, 0.717) is 132 Å². The topological polar surface area (TPSA) is 149 Å². The van der Waals surface area contributed by atoms with E-state index in [4.69, 9.17) is 43.1 Å². The van der Waals surface area contributed by atoms with E-state index in [2.05, 4.69) is 10.2 Å². The molecule has 14 heteroatoms. The van der Waals surface area contributed by atoms with Crippen LogP contribution in [0.4, 0.5) is 23.0 Å². The molecule has 3 aromatic rings. The van der Waals surface area contributed by atoms with Crippen LogP contribution in [0.2, 0.25) is 0 Å². The van der Waals surface area contributed by atoms with Gasteiger partial charge in [-0.1, -0.05) is 0 Å². The first-order valence-electron chi connectivity index (χ1n) is 13.9. The lowest BCUT2D eigenvalue weighted by Crippen LogP contribution is -2.37. The number of nitrogens with one attached hydrogen (secondary N) is 1. The van der Waals surface area contributed by atoms with Crippen LogP contribution in [0, 0.1) is 10.1 Å². The molecule has 0 amide bonds. The molecule has 0 bridgehead atoms. The average molecular weight is 586 g/mol.